The van der Waals surface area contributed by atoms with E-state index >= 15 is 0 Å². The van der Waals surface area contributed by atoms with Gasteiger partial charge < -0.3 is 15.4 Å². The summed E-state index contributed by atoms with van der Waals surface area (Å²) in [4.78, 5) is 13.8. The van der Waals surface area contributed by atoms with E-state index in [4.69, 9.17) is 10.5 Å². The summed E-state index contributed by atoms with van der Waals surface area (Å²) in [5.74, 6) is 0.0935. The summed E-state index contributed by atoms with van der Waals surface area (Å²) in [6.07, 6.45) is 0.487. The van der Waals surface area contributed by atoms with Crippen LogP contribution in [-0.2, 0) is 4.74 Å². The van der Waals surface area contributed by atoms with Crippen molar-refractivity contribution in [2.24, 2.45) is 0 Å². The van der Waals surface area contributed by atoms with Crippen molar-refractivity contribution in [3.05, 3.63) is 23.8 Å². The Kier molecular flexibility index (Phi) is 3.64. The first-order valence-corrected chi connectivity index (χ1v) is 5.97. The second-order valence-electron chi connectivity index (χ2n) is 4.15. The van der Waals surface area contributed by atoms with Crippen molar-refractivity contribution in [1.29, 1.82) is 0 Å². The molecule has 0 radical (unpaired) electrons. The lowest BCUT2D eigenvalue weighted by Gasteiger charge is -2.29. The number of nitrogen functional groups attached to an aromatic ring is 1. The Morgan fingerprint density at radius 1 is 1.41 bits per heavy atom. The van der Waals surface area contributed by atoms with Crippen LogP contribution in [0.25, 0.3) is 0 Å². The second kappa shape index (κ2) is 5.19. The summed E-state index contributed by atoms with van der Waals surface area (Å²) in [6.45, 7) is 5.09. The maximum Gasteiger partial charge on any atom is 0.164 e. The van der Waals surface area contributed by atoms with Gasteiger partial charge in [-0.05, 0) is 18.2 Å². The Hall–Kier alpha value is -1.55. The summed E-state index contributed by atoms with van der Waals surface area (Å²) >= 11 is 0. The summed E-state index contributed by atoms with van der Waals surface area (Å²) in [5, 5.41) is 0. The number of carbonyl (C=O) groups excluding carboxylic acids is 1. The molecule has 0 spiro atoms. The molecule has 2 N–H and O–H groups in total. The summed E-state index contributed by atoms with van der Waals surface area (Å²) < 4.78 is 5.30. The van der Waals surface area contributed by atoms with Gasteiger partial charge in [0.1, 0.15) is 0 Å². The van der Waals surface area contributed by atoms with Crippen LogP contribution < -0.4 is 10.6 Å². The molecule has 92 valence electrons. The molecule has 1 heterocycles. The molecule has 0 unspecified atom stereocenters. The molecule has 2 rings (SSSR count). The quantitative estimate of drug-likeness (QED) is 0.639. The molecule has 1 aliphatic rings. The molecule has 4 nitrogen and oxygen atoms in total. The number of hydrogen-bond donors (Lipinski definition) is 1. The third-order valence-electron chi connectivity index (χ3n) is 3.03. The monoisotopic (exact) mass is 234 g/mol. The largest absolute Gasteiger partial charge is 0.398 e. The average Bonchev–Trinajstić information content (AvgIpc) is 2.39. The number of hydrogen-bond acceptors (Lipinski definition) is 4. The Morgan fingerprint density at radius 3 is 2.71 bits per heavy atom. The lowest BCUT2D eigenvalue weighted by molar-refractivity contribution is 0.0989. The molecule has 1 aromatic carbocycles. The molecule has 17 heavy (non-hydrogen) atoms. The number of nitrogens with two attached hydrogens (primary N) is 1. The first-order chi connectivity index (χ1) is 8.22. The van der Waals surface area contributed by atoms with E-state index in [0.29, 0.717) is 17.7 Å². The molecule has 0 saturated carbocycles. The Morgan fingerprint density at radius 2 is 2.12 bits per heavy atom. The van der Waals surface area contributed by atoms with Gasteiger partial charge in [-0.15, -0.1) is 0 Å². The normalized spacial score (nSPS) is 15.9. The fourth-order valence-electron chi connectivity index (χ4n) is 2.01. The van der Waals surface area contributed by atoms with Gasteiger partial charge in [0.2, 0.25) is 0 Å². The number of ketones is 1. The van der Waals surface area contributed by atoms with Gasteiger partial charge in [0.25, 0.3) is 0 Å². The van der Waals surface area contributed by atoms with Crippen molar-refractivity contribution in [1.82, 2.24) is 0 Å². The second-order valence-corrected chi connectivity index (χ2v) is 4.15. The SMILES string of the molecule is CCC(=O)c1ccc(N2CCOCC2)cc1N. The maximum absolute atomic E-state index is 11.6. The zero-order valence-corrected chi connectivity index (χ0v) is 10.1. The van der Waals surface area contributed by atoms with Gasteiger partial charge in [0, 0.05) is 36.4 Å². The van der Waals surface area contributed by atoms with Crippen molar-refractivity contribution >= 4 is 17.2 Å². The molecule has 1 aromatic rings. The summed E-state index contributed by atoms with van der Waals surface area (Å²) in [6, 6.07) is 5.67. The van der Waals surface area contributed by atoms with Crippen molar-refractivity contribution in [3.63, 3.8) is 0 Å². The number of ether oxygens (including phenoxy) is 1. The van der Waals surface area contributed by atoms with E-state index in [2.05, 4.69) is 4.90 Å². The molecule has 0 aromatic heterocycles. The number of anilines is 2. The van der Waals surface area contributed by atoms with Gasteiger partial charge in [-0.2, -0.15) is 0 Å². The van der Waals surface area contributed by atoms with Gasteiger partial charge in [-0.1, -0.05) is 6.92 Å². The van der Waals surface area contributed by atoms with Crippen LogP contribution in [-0.4, -0.2) is 32.1 Å². The first kappa shape index (κ1) is 11.9. The smallest absolute Gasteiger partial charge is 0.164 e. The minimum absolute atomic E-state index is 0.0935. The topological polar surface area (TPSA) is 55.6 Å². The van der Waals surface area contributed by atoms with Gasteiger partial charge in [0.05, 0.1) is 13.2 Å². The fourth-order valence-corrected chi connectivity index (χ4v) is 2.01. The molecular weight excluding hydrogens is 216 g/mol. The van der Waals surface area contributed by atoms with Crippen molar-refractivity contribution in [2.45, 2.75) is 13.3 Å². The van der Waals surface area contributed by atoms with Gasteiger partial charge in [0.15, 0.2) is 5.78 Å². The van der Waals surface area contributed by atoms with Crippen LogP contribution in [0.5, 0.6) is 0 Å². The summed E-state index contributed by atoms with van der Waals surface area (Å²) in [5.41, 5.74) is 8.19. The number of Topliss-reactive ketones (excluding diaryl/α,β-unsaturated/α-hetero) is 1. The zero-order chi connectivity index (χ0) is 12.3. The Bertz CT molecular complexity index is 412. The third kappa shape index (κ3) is 2.58. The van der Waals surface area contributed by atoms with E-state index in [1.165, 1.54) is 0 Å². The predicted octanol–water partition coefficient (Wildman–Crippen LogP) is 1.70. The molecule has 4 heteroatoms. The van der Waals surface area contributed by atoms with Crippen LogP contribution in [0.15, 0.2) is 18.2 Å². The zero-order valence-electron chi connectivity index (χ0n) is 10.1. The predicted molar refractivity (Wildman–Crippen MR) is 68.5 cm³/mol. The molecular formula is C13H18N2O2. The van der Waals surface area contributed by atoms with Crippen molar-refractivity contribution in [2.75, 3.05) is 36.9 Å². The van der Waals surface area contributed by atoms with E-state index in [-0.39, 0.29) is 5.78 Å². The molecule has 0 aliphatic carbocycles. The Labute approximate surface area is 101 Å². The Balaban J connectivity index is 2.20. The number of benzene rings is 1. The van der Waals surface area contributed by atoms with Gasteiger partial charge >= 0.3 is 0 Å². The number of rotatable bonds is 3. The number of morpholine rings is 1. The van der Waals surface area contributed by atoms with Crippen LogP contribution in [0.4, 0.5) is 11.4 Å². The molecule has 1 saturated heterocycles. The number of nitrogens with zero attached hydrogens (tertiary/aromatic N) is 1. The van der Waals surface area contributed by atoms with E-state index in [1.807, 2.05) is 25.1 Å². The highest BCUT2D eigenvalue weighted by Crippen LogP contribution is 2.23. The first-order valence-electron chi connectivity index (χ1n) is 5.97. The van der Waals surface area contributed by atoms with Gasteiger partial charge in [-0.3, -0.25) is 4.79 Å². The minimum atomic E-state index is 0.0935. The summed E-state index contributed by atoms with van der Waals surface area (Å²) in [7, 11) is 0. The minimum Gasteiger partial charge on any atom is -0.398 e. The van der Waals surface area contributed by atoms with Crippen molar-refractivity contribution in [3.8, 4) is 0 Å². The van der Waals surface area contributed by atoms with E-state index in [9.17, 15) is 4.79 Å². The van der Waals surface area contributed by atoms with E-state index < -0.39 is 0 Å². The van der Waals surface area contributed by atoms with Gasteiger partial charge in [-0.25, -0.2) is 0 Å². The molecule has 0 bridgehead atoms. The maximum atomic E-state index is 11.6. The standard InChI is InChI=1S/C13H18N2O2/c1-2-13(16)11-4-3-10(9-12(11)14)15-5-7-17-8-6-15/h3-4,9H,2,5-8,14H2,1H3. The van der Waals surface area contributed by atoms with Crippen LogP contribution >= 0.6 is 0 Å². The van der Waals surface area contributed by atoms with Crippen molar-refractivity contribution < 1.29 is 9.53 Å². The highest BCUT2D eigenvalue weighted by atomic mass is 16.5. The van der Waals surface area contributed by atoms with Crippen LogP contribution in [0.3, 0.4) is 0 Å². The molecule has 1 aliphatic heterocycles. The highest BCUT2D eigenvalue weighted by molar-refractivity contribution is 6.01. The fraction of sp³-hybridized carbons (Fsp3) is 0.462. The molecule has 0 amide bonds. The molecule has 0 atom stereocenters. The average molecular weight is 234 g/mol. The van der Waals surface area contributed by atoms with E-state index in [0.717, 1.165) is 32.0 Å². The lowest BCUT2D eigenvalue weighted by Crippen LogP contribution is -2.36. The van der Waals surface area contributed by atoms with Crippen LogP contribution in [0, 0.1) is 0 Å². The number of carbonyl (C=O) groups is 1. The lowest BCUT2D eigenvalue weighted by atomic mass is 10.1. The highest BCUT2D eigenvalue weighted by Gasteiger charge is 2.14. The van der Waals surface area contributed by atoms with Crippen LogP contribution in [0.1, 0.15) is 23.7 Å². The van der Waals surface area contributed by atoms with Crippen LogP contribution in [0.2, 0.25) is 0 Å². The van der Waals surface area contributed by atoms with E-state index in [1.54, 1.807) is 0 Å². The molecule has 1 fully saturated rings. The third-order valence-corrected chi connectivity index (χ3v) is 3.03.